The van der Waals surface area contributed by atoms with Crippen LogP contribution in [0.25, 0.3) is 0 Å². The first kappa shape index (κ1) is 22.8. The van der Waals surface area contributed by atoms with E-state index < -0.39 is 10.4 Å². The van der Waals surface area contributed by atoms with E-state index in [2.05, 4.69) is 9.92 Å². The van der Waals surface area contributed by atoms with Gasteiger partial charge in [-0.2, -0.15) is 8.42 Å². The zero-order valence-corrected chi connectivity index (χ0v) is 11.5. The van der Waals surface area contributed by atoms with Crippen LogP contribution in [0, 0.1) is 0 Å². The molecule has 10 heteroatoms. The molecule has 6 N–H and O–H groups in total. The smallest absolute Gasteiger partial charge is 0.395 e. The van der Waals surface area contributed by atoms with Gasteiger partial charge in [0.05, 0.1) is 26.9 Å². The van der Waals surface area contributed by atoms with E-state index in [1.807, 2.05) is 0 Å². The highest BCUT2D eigenvalue weighted by atomic mass is 32.3. The van der Waals surface area contributed by atoms with Crippen molar-refractivity contribution in [3.63, 3.8) is 0 Å². The summed E-state index contributed by atoms with van der Waals surface area (Å²) in [6.07, 6.45) is 0. The van der Waals surface area contributed by atoms with Crippen LogP contribution in [0.15, 0.2) is 0 Å². The lowest BCUT2D eigenvalue weighted by molar-refractivity contribution is 0.136. The second kappa shape index (κ2) is 16.7. The van der Waals surface area contributed by atoms with E-state index in [0.29, 0.717) is 19.6 Å². The maximum atomic E-state index is 9.33. The van der Waals surface area contributed by atoms with Gasteiger partial charge in [-0.3, -0.25) is 13.6 Å². The molecule has 0 aromatic rings. The molecule has 0 aromatic heterocycles. The highest BCUT2D eigenvalue weighted by Crippen LogP contribution is 1.84. The van der Waals surface area contributed by atoms with Gasteiger partial charge in [-0.05, 0) is 7.05 Å². The zero-order chi connectivity index (χ0) is 15.0. The van der Waals surface area contributed by atoms with Crippen molar-refractivity contribution < 1.29 is 32.5 Å². The van der Waals surface area contributed by atoms with Gasteiger partial charge in [0.1, 0.15) is 0 Å². The summed E-state index contributed by atoms with van der Waals surface area (Å²) in [4.78, 5) is 1.79. The summed E-state index contributed by atoms with van der Waals surface area (Å²) in [7, 11) is -1.79. The Hall–Kier alpha value is -0.330. The predicted molar refractivity (Wildman–Crippen MR) is 66.4 cm³/mol. The summed E-state index contributed by atoms with van der Waals surface area (Å²) in [5.41, 5.74) is 4.50. The average Bonchev–Trinajstić information content (AvgIpc) is 2.33. The number of hydrogen-bond acceptors (Lipinski definition) is 8. The maximum Gasteiger partial charge on any atom is 0.397 e. The summed E-state index contributed by atoms with van der Waals surface area (Å²) in [5, 5.41) is 25.5. The van der Waals surface area contributed by atoms with Crippen LogP contribution in [0.4, 0.5) is 0 Å². The lowest BCUT2D eigenvalue weighted by Gasteiger charge is -2.17. The predicted octanol–water partition coefficient (Wildman–Crippen LogP) is -2.72. The van der Waals surface area contributed by atoms with Crippen molar-refractivity contribution in [3.05, 3.63) is 0 Å². The molecule has 0 aromatic carbocycles. The molecule has 0 saturated heterocycles. The molecule has 0 bridgehead atoms. The quantitative estimate of drug-likeness (QED) is 0.315. The van der Waals surface area contributed by atoms with E-state index in [-0.39, 0.29) is 19.8 Å². The number of nitrogens with zero attached hydrogens (tertiary/aromatic N) is 1. The van der Waals surface area contributed by atoms with Gasteiger partial charge in [0.25, 0.3) is 0 Å². The van der Waals surface area contributed by atoms with E-state index in [9.17, 15) is 8.42 Å². The Morgan fingerprint density at radius 3 is 1.33 bits per heavy atom. The Labute approximate surface area is 108 Å². The van der Waals surface area contributed by atoms with Gasteiger partial charge in [0, 0.05) is 19.6 Å². The minimum absolute atomic E-state index is 0.0694. The summed E-state index contributed by atoms with van der Waals surface area (Å²) in [6, 6.07) is 0. The maximum absolute atomic E-state index is 9.33. The Bertz CT molecular complexity index is 221. The molecule has 0 aliphatic carbocycles. The highest BCUT2D eigenvalue weighted by molar-refractivity contribution is 7.80. The van der Waals surface area contributed by atoms with Gasteiger partial charge in [-0.1, -0.05) is 0 Å². The molecule has 114 valence electrons. The van der Waals surface area contributed by atoms with Crippen LogP contribution < -0.4 is 5.73 Å². The SMILES string of the molecule is CN.COS(=O)(=O)O.OCCN(CCO)CCO. The van der Waals surface area contributed by atoms with E-state index in [1.54, 1.807) is 4.90 Å². The second-order valence-corrected chi connectivity index (χ2v) is 3.80. The lowest BCUT2D eigenvalue weighted by atomic mass is 10.4. The van der Waals surface area contributed by atoms with Crippen LogP contribution >= 0.6 is 0 Å². The van der Waals surface area contributed by atoms with Crippen LogP contribution in [0.2, 0.25) is 0 Å². The van der Waals surface area contributed by atoms with E-state index in [0.717, 1.165) is 7.11 Å². The first-order valence-electron chi connectivity index (χ1n) is 5.07. The first-order valence-corrected chi connectivity index (χ1v) is 6.43. The third-order valence-corrected chi connectivity index (χ3v) is 1.88. The molecule has 0 spiro atoms. The summed E-state index contributed by atoms with van der Waals surface area (Å²) < 4.78 is 29.7. The monoisotopic (exact) mass is 292 g/mol. The number of nitrogens with two attached hydrogens (primary N) is 1. The molecule has 0 saturated carbocycles. The summed E-state index contributed by atoms with van der Waals surface area (Å²) >= 11 is 0. The molecule has 18 heavy (non-hydrogen) atoms. The van der Waals surface area contributed by atoms with E-state index >= 15 is 0 Å². The van der Waals surface area contributed by atoms with Crippen molar-refractivity contribution in [1.29, 1.82) is 0 Å². The molecule has 0 radical (unpaired) electrons. The summed E-state index contributed by atoms with van der Waals surface area (Å²) in [6.45, 7) is 1.75. The van der Waals surface area contributed by atoms with Crippen molar-refractivity contribution in [3.8, 4) is 0 Å². The van der Waals surface area contributed by atoms with Crippen molar-refractivity contribution in [1.82, 2.24) is 4.90 Å². The van der Waals surface area contributed by atoms with Gasteiger partial charge in [0.2, 0.25) is 0 Å². The van der Waals surface area contributed by atoms with Crippen molar-refractivity contribution in [2.24, 2.45) is 5.73 Å². The van der Waals surface area contributed by atoms with Crippen molar-refractivity contribution in [2.45, 2.75) is 0 Å². The molecule has 0 atom stereocenters. The highest BCUT2D eigenvalue weighted by Gasteiger charge is 2.00. The fourth-order valence-corrected chi connectivity index (χ4v) is 0.760. The molecule has 9 nitrogen and oxygen atoms in total. The standard InChI is InChI=1S/C6H15NO3.CH5N.CH4O4S/c8-4-1-7(2-5-9)3-6-10;1-2;1-5-6(2,3)4/h8-10H,1-6H2;2H2,1H3;1H3,(H,2,3,4). The Balaban J connectivity index is -0.000000241. The van der Waals surface area contributed by atoms with Crippen LogP contribution in [0.1, 0.15) is 0 Å². The van der Waals surface area contributed by atoms with Gasteiger partial charge in [-0.15, -0.1) is 0 Å². The topological polar surface area (TPSA) is 154 Å². The minimum Gasteiger partial charge on any atom is -0.395 e. The van der Waals surface area contributed by atoms with Crippen LogP contribution in [0.3, 0.4) is 0 Å². The first-order chi connectivity index (χ1) is 8.41. The van der Waals surface area contributed by atoms with E-state index in [4.69, 9.17) is 19.9 Å². The van der Waals surface area contributed by atoms with Crippen molar-refractivity contribution in [2.75, 3.05) is 53.6 Å². The molecule has 0 heterocycles. The Morgan fingerprint density at radius 2 is 1.22 bits per heavy atom. The molecule has 0 aliphatic heterocycles. The van der Waals surface area contributed by atoms with Crippen molar-refractivity contribution >= 4 is 10.4 Å². The molecular formula is C8H24N2O7S. The fraction of sp³-hybridized carbons (Fsp3) is 1.00. The largest absolute Gasteiger partial charge is 0.397 e. The van der Waals surface area contributed by atoms with Crippen LogP contribution in [0.5, 0.6) is 0 Å². The van der Waals surface area contributed by atoms with Crippen LogP contribution in [-0.4, -0.2) is 86.8 Å². The Morgan fingerprint density at radius 1 is 1.00 bits per heavy atom. The fourth-order valence-electron chi connectivity index (χ4n) is 0.760. The third kappa shape index (κ3) is 24.8. The summed E-state index contributed by atoms with van der Waals surface area (Å²) in [5.74, 6) is 0. The van der Waals surface area contributed by atoms with Gasteiger partial charge in [0.15, 0.2) is 0 Å². The number of hydrogen-bond donors (Lipinski definition) is 5. The molecule has 0 fully saturated rings. The lowest BCUT2D eigenvalue weighted by Crippen LogP contribution is -2.32. The molecule has 0 amide bonds. The Kier molecular flexibility index (Phi) is 21.1. The second-order valence-electron chi connectivity index (χ2n) is 2.61. The van der Waals surface area contributed by atoms with Gasteiger partial charge >= 0.3 is 10.4 Å². The molecule has 0 rings (SSSR count). The number of rotatable bonds is 7. The normalized spacial score (nSPS) is 10.2. The average molecular weight is 292 g/mol. The molecule has 0 unspecified atom stereocenters. The number of aliphatic hydroxyl groups is 3. The molecule has 0 aliphatic rings. The number of aliphatic hydroxyl groups excluding tert-OH is 3. The minimum atomic E-state index is -4.16. The zero-order valence-electron chi connectivity index (χ0n) is 10.7. The molecular weight excluding hydrogens is 268 g/mol. The van der Waals surface area contributed by atoms with E-state index in [1.165, 1.54) is 7.05 Å². The van der Waals surface area contributed by atoms with Gasteiger partial charge < -0.3 is 21.1 Å². The third-order valence-electron chi connectivity index (χ3n) is 1.46. The van der Waals surface area contributed by atoms with Crippen LogP contribution in [-0.2, 0) is 14.6 Å². The van der Waals surface area contributed by atoms with Gasteiger partial charge in [-0.25, -0.2) is 0 Å².